The second kappa shape index (κ2) is 13.4. The van der Waals surface area contributed by atoms with E-state index in [4.69, 9.17) is 0 Å². The van der Waals surface area contributed by atoms with Crippen molar-refractivity contribution in [2.75, 3.05) is 44.2 Å². The number of piperazine rings is 1. The van der Waals surface area contributed by atoms with Crippen LogP contribution in [0.15, 0.2) is 66.7 Å². The smallest absolute Gasteiger partial charge is 0.242 e. The van der Waals surface area contributed by atoms with Crippen LogP contribution in [0.1, 0.15) is 40.5 Å². The van der Waals surface area contributed by atoms with Gasteiger partial charge in [-0.05, 0) is 35.1 Å². The topological polar surface area (TPSA) is 69.6 Å². The van der Waals surface area contributed by atoms with Crippen molar-refractivity contribution in [1.82, 2.24) is 20.0 Å². The monoisotopic (exact) mass is 527 g/mol. The van der Waals surface area contributed by atoms with Gasteiger partial charge in [-0.15, -0.1) is 10.2 Å². The number of amides is 2. The summed E-state index contributed by atoms with van der Waals surface area (Å²) in [6, 6.07) is 22.7. The van der Waals surface area contributed by atoms with Gasteiger partial charge >= 0.3 is 0 Å². The fourth-order valence-corrected chi connectivity index (χ4v) is 4.80. The highest BCUT2D eigenvalue weighted by atomic mass is 16.2. The van der Waals surface area contributed by atoms with Crippen molar-refractivity contribution >= 4 is 17.6 Å². The Bertz CT molecular complexity index is 1200. The van der Waals surface area contributed by atoms with Crippen LogP contribution < -0.4 is 4.90 Å². The Morgan fingerprint density at radius 3 is 2.05 bits per heavy atom. The van der Waals surface area contributed by atoms with E-state index in [2.05, 4.69) is 65.3 Å². The van der Waals surface area contributed by atoms with Crippen LogP contribution in [-0.2, 0) is 9.59 Å². The predicted octanol–water partition coefficient (Wildman–Crippen LogP) is 5.38. The number of carbonyl (C=O) groups is 2. The zero-order chi connectivity index (χ0) is 27.8. The van der Waals surface area contributed by atoms with E-state index in [1.54, 1.807) is 4.90 Å². The number of aromatic nitrogens is 2. The van der Waals surface area contributed by atoms with Crippen molar-refractivity contribution in [2.45, 2.75) is 40.5 Å². The highest BCUT2D eigenvalue weighted by Gasteiger charge is 2.26. The predicted molar refractivity (Wildman–Crippen MR) is 157 cm³/mol. The Hall–Kier alpha value is -3.74. The largest absolute Gasteiger partial charge is 0.352 e. The van der Waals surface area contributed by atoms with Crippen molar-refractivity contribution in [1.29, 1.82) is 0 Å². The maximum Gasteiger partial charge on any atom is 0.242 e. The molecule has 2 aromatic carbocycles. The molecule has 7 nitrogen and oxygen atoms in total. The standard InChI is InChI=1S/C32H41N5O2/c1-5-25(4)22-37(31(38)21-24(2)3)23-32(39)36-19-17-35(18-20-36)30-16-15-29(33-34-30)28-13-11-27(12-14-28)26-9-7-6-8-10-26/h6-16,24-25H,5,17-23H2,1-4H3/t25-/m0/s1. The minimum Gasteiger partial charge on any atom is -0.352 e. The first-order valence-electron chi connectivity index (χ1n) is 14.1. The molecule has 4 rings (SSSR count). The molecule has 0 radical (unpaired) electrons. The molecule has 0 bridgehead atoms. The van der Waals surface area contributed by atoms with Crippen LogP contribution in [-0.4, -0.2) is 71.1 Å². The summed E-state index contributed by atoms with van der Waals surface area (Å²) >= 11 is 0. The molecule has 1 saturated heterocycles. The molecule has 1 aromatic heterocycles. The zero-order valence-corrected chi connectivity index (χ0v) is 23.7. The van der Waals surface area contributed by atoms with Crippen molar-refractivity contribution in [3.63, 3.8) is 0 Å². The van der Waals surface area contributed by atoms with Gasteiger partial charge in [0.1, 0.15) is 0 Å². The fraction of sp³-hybridized carbons (Fsp3) is 0.438. The summed E-state index contributed by atoms with van der Waals surface area (Å²) in [6.45, 7) is 11.7. The minimum absolute atomic E-state index is 0.0236. The lowest BCUT2D eigenvalue weighted by Gasteiger charge is -2.36. The second-order valence-electron chi connectivity index (χ2n) is 11.0. The van der Waals surface area contributed by atoms with E-state index in [9.17, 15) is 9.59 Å². The maximum atomic E-state index is 13.1. The molecule has 2 amide bonds. The van der Waals surface area contributed by atoms with E-state index in [1.807, 2.05) is 49.1 Å². The third-order valence-electron chi connectivity index (χ3n) is 7.39. The summed E-state index contributed by atoms with van der Waals surface area (Å²) in [5.41, 5.74) is 4.22. The molecule has 3 aromatic rings. The quantitative estimate of drug-likeness (QED) is 0.354. The van der Waals surface area contributed by atoms with Crippen molar-refractivity contribution < 1.29 is 9.59 Å². The fourth-order valence-electron chi connectivity index (χ4n) is 4.80. The third kappa shape index (κ3) is 7.65. The third-order valence-corrected chi connectivity index (χ3v) is 7.39. The Morgan fingerprint density at radius 2 is 1.46 bits per heavy atom. The molecule has 1 aliphatic rings. The summed E-state index contributed by atoms with van der Waals surface area (Å²) < 4.78 is 0. The van der Waals surface area contributed by atoms with Gasteiger partial charge in [0, 0.05) is 44.7 Å². The van der Waals surface area contributed by atoms with Gasteiger partial charge < -0.3 is 14.7 Å². The minimum atomic E-state index is 0.0236. The molecule has 0 N–H and O–H groups in total. The number of hydrogen-bond acceptors (Lipinski definition) is 5. The molecule has 0 aliphatic carbocycles. The van der Waals surface area contributed by atoms with Crippen LogP contribution in [0.3, 0.4) is 0 Å². The maximum absolute atomic E-state index is 13.1. The highest BCUT2D eigenvalue weighted by molar-refractivity contribution is 5.85. The summed E-state index contributed by atoms with van der Waals surface area (Å²) in [4.78, 5) is 31.7. The van der Waals surface area contributed by atoms with Crippen molar-refractivity contribution in [3.8, 4) is 22.4 Å². The van der Waals surface area contributed by atoms with E-state index in [0.717, 1.165) is 23.5 Å². The van der Waals surface area contributed by atoms with E-state index < -0.39 is 0 Å². The lowest BCUT2D eigenvalue weighted by Crippen LogP contribution is -2.52. The number of nitrogens with zero attached hydrogens (tertiary/aromatic N) is 5. The molecule has 0 spiro atoms. The normalized spacial score (nSPS) is 14.4. The number of carbonyl (C=O) groups excluding carboxylic acids is 2. The van der Waals surface area contributed by atoms with Gasteiger partial charge in [0.15, 0.2) is 5.82 Å². The molecular weight excluding hydrogens is 486 g/mol. The van der Waals surface area contributed by atoms with Crippen LogP contribution >= 0.6 is 0 Å². The lowest BCUT2D eigenvalue weighted by molar-refractivity contribution is -0.141. The molecule has 1 atom stereocenters. The SMILES string of the molecule is CC[C@H](C)CN(CC(=O)N1CCN(c2ccc(-c3ccc(-c4ccccc4)cc3)nn2)CC1)C(=O)CC(C)C. The number of benzene rings is 2. The van der Waals surface area contributed by atoms with Gasteiger partial charge in [-0.2, -0.15) is 0 Å². The van der Waals surface area contributed by atoms with Crippen molar-refractivity contribution in [2.24, 2.45) is 11.8 Å². The van der Waals surface area contributed by atoms with Gasteiger partial charge in [0.25, 0.3) is 0 Å². The molecule has 206 valence electrons. The number of rotatable bonds is 10. The second-order valence-corrected chi connectivity index (χ2v) is 11.0. The highest BCUT2D eigenvalue weighted by Crippen LogP contribution is 2.24. The Balaban J connectivity index is 1.32. The molecule has 1 aliphatic heterocycles. The Morgan fingerprint density at radius 1 is 0.821 bits per heavy atom. The van der Waals surface area contributed by atoms with E-state index in [-0.39, 0.29) is 24.3 Å². The van der Waals surface area contributed by atoms with Gasteiger partial charge in [-0.1, -0.05) is 88.7 Å². The summed E-state index contributed by atoms with van der Waals surface area (Å²) in [5, 5.41) is 8.97. The molecule has 39 heavy (non-hydrogen) atoms. The van der Waals surface area contributed by atoms with Gasteiger partial charge in [-0.3, -0.25) is 9.59 Å². The molecule has 0 unspecified atom stereocenters. The van der Waals surface area contributed by atoms with Crippen LogP contribution in [0.5, 0.6) is 0 Å². The van der Waals surface area contributed by atoms with E-state index in [0.29, 0.717) is 45.1 Å². The molecule has 0 saturated carbocycles. The first-order valence-corrected chi connectivity index (χ1v) is 14.1. The van der Waals surface area contributed by atoms with Crippen LogP contribution in [0.2, 0.25) is 0 Å². The number of anilines is 1. The first-order chi connectivity index (χ1) is 18.8. The number of hydrogen-bond donors (Lipinski definition) is 0. The summed E-state index contributed by atoms with van der Waals surface area (Å²) in [7, 11) is 0. The first kappa shape index (κ1) is 28.3. The van der Waals surface area contributed by atoms with Gasteiger partial charge in [0.2, 0.25) is 11.8 Å². The van der Waals surface area contributed by atoms with E-state index >= 15 is 0 Å². The van der Waals surface area contributed by atoms with Crippen LogP contribution in [0.25, 0.3) is 22.4 Å². The zero-order valence-electron chi connectivity index (χ0n) is 23.7. The Labute approximate surface area is 232 Å². The molecular formula is C32H41N5O2. The van der Waals surface area contributed by atoms with E-state index in [1.165, 1.54) is 11.1 Å². The molecule has 7 heteroatoms. The average Bonchev–Trinajstić information content (AvgIpc) is 2.97. The van der Waals surface area contributed by atoms with Crippen LogP contribution in [0, 0.1) is 11.8 Å². The average molecular weight is 528 g/mol. The van der Waals surface area contributed by atoms with Gasteiger partial charge in [-0.25, -0.2) is 0 Å². The molecule has 1 fully saturated rings. The summed E-state index contributed by atoms with van der Waals surface area (Å²) in [5.74, 6) is 1.56. The van der Waals surface area contributed by atoms with Crippen molar-refractivity contribution in [3.05, 3.63) is 66.7 Å². The summed E-state index contributed by atoms with van der Waals surface area (Å²) in [6.07, 6.45) is 1.46. The lowest BCUT2D eigenvalue weighted by atomic mass is 10.0. The Kier molecular flexibility index (Phi) is 9.69. The van der Waals surface area contributed by atoms with Gasteiger partial charge in [0.05, 0.1) is 12.2 Å². The molecule has 2 heterocycles. The van der Waals surface area contributed by atoms with Crippen LogP contribution in [0.4, 0.5) is 5.82 Å².